The molecule has 1 atom stereocenters. The number of para-hydroxylation sites is 1. The summed E-state index contributed by atoms with van der Waals surface area (Å²) in [6.07, 6.45) is 1.17. The third-order valence-electron chi connectivity index (χ3n) is 7.61. The van der Waals surface area contributed by atoms with Crippen molar-refractivity contribution in [1.82, 2.24) is 4.98 Å². The first-order valence-corrected chi connectivity index (χ1v) is 15.1. The average molecular weight is 595 g/mol. The standard InChI is InChI=1S/C35H34N2O5S/c1-22-18-26(20-31(39-4)23(22)2)29-21-32(42-37-29)25-12-15-30(38-3)33(19-25)41-17-7-16-40-27-13-10-24(11-14-27)35-36-28-8-5-6-9-34(28)43-35/h5-6,8-15,18-20,32H,7,16-17,21H2,1-4H3. The minimum Gasteiger partial charge on any atom is -0.496 e. The fourth-order valence-corrected chi connectivity index (χ4v) is 6.03. The van der Waals surface area contributed by atoms with Crippen LogP contribution in [-0.4, -0.2) is 38.1 Å². The van der Waals surface area contributed by atoms with Gasteiger partial charge in [0.05, 0.1) is 43.4 Å². The Morgan fingerprint density at radius 2 is 1.60 bits per heavy atom. The van der Waals surface area contributed by atoms with E-state index in [0.29, 0.717) is 31.1 Å². The van der Waals surface area contributed by atoms with Gasteiger partial charge in [-0.2, -0.15) is 0 Å². The molecule has 0 amide bonds. The highest BCUT2D eigenvalue weighted by atomic mass is 32.1. The van der Waals surface area contributed by atoms with Gasteiger partial charge in [-0.3, -0.25) is 0 Å². The summed E-state index contributed by atoms with van der Waals surface area (Å²) in [5.41, 5.74) is 7.29. The molecule has 0 radical (unpaired) electrons. The maximum atomic E-state index is 6.12. The molecule has 0 saturated heterocycles. The van der Waals surface area contributed by atoms with E-state index in [2.05, 4.69) is 43.3 Å². The normalized spacial score (nSPS) is 14.3. The second-order valence-corrected chi connectivity index (χ2v) is 11.5. The quantitative estimate of drug-likeness (QED) is 0.143. The molecule has 0 fully saturated rings. The summed E-state index contributed by atoms with van der Waals surface area (Å²) >= 11 is 1.69. The van der Waals surface area contributed by atoms with Crippen LogP contribution in [0, 0.1) is 13.8 Å². The lowest BCUT2D eigenvalue weighted by Crippen LogP contribution is -2.07. The Morgan fingerprint density at radius 3 is 2.40 bits per heavy atom. The lowest BCUT2D eigenvalue weighted by atomic mass is 9.97. The molecule has 5 aromatic rings. The van der Waals surface area contributed by atoms with Crippen LogP contribution in [-0.2, 0) is 4.84 Å². The van der Waals surface area contributed by atoms with Crippen LogP contribution in [0.4, 0.5) is 0 Å². The Morgan fingerprint density at radius 1 is 0.814 bits per heavy atom. The summed E-state index contributed by atoms with van der Waals surface area (Å²) in [6, 6.07) is 26.3. The van der Waals surface area contributed by atoms with E-state index >= 15 is 0 Å². The number of thiazole rings is 1. The molecule has 7 nitrogen and oxygen atoms in total. The number of fused-ring (bicyclic) bond motifs is 1. The van der Waals surface area contributed by atoms with Crippen molar-refractivity contribution in [3.63, 3.8) is 0 Å². The number of methoxy groups -OCH3 is 2. The lowest BCUT2D eigenvalue weighted by Gasteiger charge is -2.15. The summed E-state index contributed by atoms with van der Waals surface area (Å²) in [6.45, 7) is 5.15. The molecule has 1 aliphatic rings. The van der Waals surface area contributed by atoms with Gasteiger partial charge >= 0.3 is 0 Å². The zero-order valence-corrected chi connectivity index (χ0v) is 25.6. The number of nitrogens with zero attached hydrogens (tertiary/aromatic N) is 2. The maximum Gasteiger partial charge on any atom is 0.161 e. The van der Waals surface area contributed by atoms with Crippen LogP contribution < -0.4 is 18.9 Å². The summed E-state index contributed by atoms with van der Waals surface area (Å²) in [4.78, 5) is 10.6. The molecule has 1 aromatic heterocycles. The van der Waals surface area contributed by atoms with Crippen LogP contribution in [0.1, 0.15) is 41.2 Å². The molecule has 43 heavy (non-hydrogen) atoms. The van der Waals surface area contributed by atoms with Gasteiger partial charge in [0.1, 0.15) is 16.5 Å². The van der Waals surface area contributed by atoms with Gasteiger partial charge in [0.25, 0.3) is 0 Å². The summed E-state index contributed by atoms with van der Waals surface area (Å²) in [5.74, 6) is 3.02. The topological polar surface area (TPSA) is 71.4 Å². The molecule has 0 N–H and O–H groups in total. The first kappa shape index (κ1) is 28.6. The smallest absolute Gasteiger partial charge is 0.161 e. The third-order valence-corrected chi connectivity index (χ3v) is 8.70. The van der Waals surface area contributed by atoms with E-state index in [9.17, 15) is 0 Å². The van der Waals surface area contributed by atoms with Crippen LogP contribution in [0.3, 0.4) is 0 Å². The molecule has 0 spiro atoms. The second kappa shape index (κ2) is 12.8. The maximum absolute atomic E-state index is 6.12. The Labute approximate surface area is 255 Å². The monoisotopic (exact) mass is 594 g/mol. The number of rotatable bonds is 11. The van der Waals surface area contributed by atoms with Crippen LogP contribution in [0.15, 0.2) is 84.0 Å². The van der Waals surface area contributed by atoms with Crippen molar-refractivity contribution >= 4 is 27.3 Å². The van der Waals surface area contributed by atoms with Crippen LogP contribution >= 0.6 is 11.3 Å². The SMILES string of the molecule is COc1ccc(C2CC(c3cc(C)c(C)c(OC)c3)=NO2)cc1OCCCOc1ccc(-c2nc3ccccc3s2)cc1. The number of hydrogen-bond acceptors (Lipinski definition) is 8. The predicted octanol–water partition coefficient (Wildman–Crippen LogP) is 8.31. The second-order valence-electron chi connectivity index (χ2n) is 10.4. The Hall–Kier alpha value is -4.56. The summed E-state index contributed by atoms with van der Waals surface area (Å²) < 4.78 is 24.4. The van der Waals surface area contributed by atoms with Crippen LogP contribution in [0.25, 0.3) is 20.8 Å². The molecule has 1 unspecified atom stereocenters. The minimum absolute atomic E-state index is 0.204. The van der Waals surface area contributed by atoms with Gasteiger partial charge in [-0.05, 0) is 91.2 Å². The summed E-state index contributed by atoms with van der Waals surface area (Å²) in [5, 5.41) is 5.41. The van der Waals surface area contributed by atoms with Gasteiger partial charge in [-0.1, -0.05) is 23.4 Å². The highest BCUT2D eigenvalue weighted by molar-refractivity contribution is 7.21. The number of oxime groups is 1. The Balaban J connectivity index is 1.02. The molecule has 0 saturated carbocycles. The molecule has 6 rings (SSSR count). The number of aryl methyl sites for hydroxylation is 1. The van der Waals surface area contributed by atoms with Gasteiger partial charge in [-0.25, -0.2) is 4.98 Å². The van der Waals surface area contributed by atoms with E-state index in [1.807, 2.05) is 54.6 Å². The summed E-state index contributed by atoms with van der Waals surface area (Å²) in [7, 11) is 3.33. The fraction of sp³-hybridized carbons (Fsp3) is 0.257. The van der Waals surface area contributed by atoms with Crippen molar-refractivity contribution in [3.05, 3.63) is 101 Å². The van der Waals surface area contributed by atoms with Gasteiger partial charge < -0.3 is 23.8 Å². The van der Waals surface area contributed by atoms with Gasteiger partial charge in [0.15, 0.2) is 17.6 Å². The minimum atomic E-state index is -0.204. The van der Waals surface area contributed by atoms with Crippen molar-refractivity contribution in [1.29, 1.82) is 0 Å². The Bertz CT molecular complexity index is 1730. The number of benzene rings is 4. The molecular weight excluding hydrogens is 560 g/mol. The van der Waals surface area contributed by atoms with Crippen molar-refractivity contribution in [2.45, 2.75) is 32.8 Å². The highest BCUT2D eigenvalue weighted by Gasteiger charge is 2.26. The first-order valence-electron chi connectivity index (χ1n) is 14.3. The van der Waals surface area contributed by atoms with Gasteiger partial charge in [-0.15, -0.1) is 11.3 Å². The van der Waals surface area contributed by atoms with E-state index in [4.69, 9.17) is 28.8 Å². The van der Waals surface area contributed by atoms with Crippen molar-refractivity contribution < 1.29 is 23.8 Å². The van der Waals surface area contributed by atoms with E-state index in [1.54, 1.807) is 25.6 Å². The molecule has 4 aromatic carbocycles. The average Bonchev–Trinajstić information content (AvgIpc) is 3.71. The molecule has 8 heteroatoms. The third kappa shape index (κ3) is 6.29. The van der Waals surface area contributed by atoms with Crippen LogP contribution in [0.2, 0.25) is 0 Å². The van der Waals surface area contributed by atoms with E-state index in [1.165, 1.54) is 4.70 Å². The molecule has 1 aliphatic heterocycles. The van der Waals surface area contributed by atoms with E-state index in [-0.39, 0.29) is 6.10 Å². The molecule has 220 valence electrons. The number of ether oxygens (including phenoxy) is 4. The van der Waals surface area contributed by atoms with Crippen molar-refractivity contribution in [3.8, 4) is 33.6 Å². The molecule has 0 aliphatic carbocycles. The molecule has 0 bridgehead atoms. The van der Waals surface area contributed by atoms with Gasteiger partial charge in [0, 0.05) is 24.0 Å². The zero-order chi connectivity index (χ0) is 29.8. The largest absolute Gasteiger partial charge is 0.496 e. The number of aromatic nitrogens is 1. The lowest BCUT2D eigenvalue weighted by molar-refractivity contribution is 0.0854. The van der Waals surface area contributed by atoms with Crippen molar-refractivity contribution in [2.24, 2.45) is 5.16 Å². The Kier molecular flexibility index (Phi) is 8.47. The molecular formula is C35H34N2O5S. The molecule has 2 heterocycles. The fourth-order valence-electron chi connectivity index (χ4n) is 5.06. The first-order chi connectivity index (χ1) is 21.0. The zero-order valence-electron chi connectivity index (χ0n) is 24.8. The predicted molar refractivity (Wildman–Crippen MR) is 171 cm³/mol. The van der Waals surface area contributed by atoms with E-state index < -0.39 is 0 Å². The van der Waals surface area contributed by atoms with E-state index in [0.717, 1.165) is 62.0 Å². The highest BCUT2D eigenvalue weighted by Crippen LogP contribution is 2.37. The van der Waals surface area contributed by atoms with Gasteiger partial charge in [0.2, 0.25) is 0 Å². The number of hydrogen-bond donors (Lipinski definition) is 0. The van der Waals surface area contributed by atoms with Crippen molar-refractivity contribution in [2.75, 3.05) is 27.4 Å². The van der Waals surface area contributed by atoms with Crippen LogP contribution in [0.5, 0.6) is 23.0 Å².